The van der Waals surface area contributed by atoms with E-state index in [1.54, 1.807) is 6.92 Å². The molecule has 0 saturated heterocycles. The molecule has 5 nitrogen and oxygen atoms in total. The van der Waals surface area contributed by atoms with Crippen LogP contribution < -0.4 is 5.32 Å². The number of nitrogens with one attached hydrogen (secondary N) is 1. The molecular weight excluding hydrogens is 216 g/mol. The van der Waals surface area contributed by atoms with Crippen LogP contribution in [0.5, 0.6) is 0 Å². The lowest BCUT2D eigenvalue weighted by molar-refractivity contribution is 0.387. The first kappa shape index (κ1) is 11.7. The zero-order chi connectivity index (χ0) is 12.1. The highest BCUT2D eigenvalue weighted by Gasteiger charge is 2.01. The van der Waals surface area contributed by atoms with Gasteiger partial charge in [0.05, 0.1) is 5.69 Å². The van der Waals surface area contributed by atoms with Crippen LogP contribution in [-0.4, -0.2) is 21.7 Å². The molecule has 0 aromatic carbocycles. The zero-order valence-corrected chi connectivity index (χ0v) is 10.1. The molecule has 0 amide bonds. The maximum absolute atomic E-state index is 4.89. The summed E-state index contributed by atoms with van der Waals surface area (Å²) in [5.41, 5.74) is 2.22. The molecule has 0 aliphatic carbocycles. The summed E-state index contributed by atoms with van der Waals surface area (Å²) < 4.78 is 4.89. The Morgan fingerprint density at radius 1 is 1.29 bits per heavy atom. The fourth-order valence-corrected chi connectivity index (χ4v) is 1.46. The Morgan fingerprint density at radius 2 is 2.18 bits per heavy atom. The van der Waals surface area contributed by atoms with Crippen molar-refractivity contribution in [2.75, 3.05) is 6.54 Å². The Bertz CT molecular complexity index is 464. The third-order valence-electron chi connectivity index (χ3n) is 2.37. The minimum absolute atomic E-state index is 0.611. The van der Waals surface area contributed by atoms with E-state index in [2.05, 4.69) is 26.5 Å². The van der Waals surface area contributed by atoms with E-state index in [0.29, 0.717) is 5.89 Å². The average Bonchev–Trinajstić information content (AvgIpc) is 2.73. The standard InChI is InChI=1S/C12H16N4O/c1-9-3-4-11(14-7-9)8-13-6-5-12-15-10(2)17-16-12/h3-4,7,13H,5-6,8H2,1-2H3. The molecular formula is C12H16N4O. The molecule has 0 unspecified atom stereocenters. The van der Waals surface area contributed by atoms with Gasteiger partial charge in [-0.3, -0.25) is 4.98 Å². The molecule has 0 aliphatic rings. The average molecular weight is 232 g/mol. The first-order chi connectivity index (χ1) is 8.24. The van der Waals surface area contributed by atoms with E-state index in [-0.39, 0.29) is 0 Å². The van der Waals surface area contributed by atoms with E-state index < -0.39 is 0 Å². The summed E-state index contributed by atoms with van der Waals surface area (Å²) in [6, 6.07) is 4.09. The molecule has 2 rings (SSSR count). The Morgan fingerprint density at radius 3 is 2.82 bits per heavy atom. The summed E-state index contributed by atoms with van der Waals surface area (Å²) >= 11 is 0. The molecule has 5 heteroatoms. The summed E-state index contributed by atoms with van der Waals surface area (Å²) in [6.07, 6.45) is 2.64. The number of hydrogen-bond acceptors (Lipinski definition) is 5. The summed E-state index contributed by atoms with van der Waals surface area (Å²) in [4.78, 5) is 8.45. The lowest BCUT2D eigenvalue weighted by atomic mass is 10.3. The maximum atomic E-state index is 4.89. The minimum Gasteiger partial charge on any atom is -0.340 e. The molecule has 0 aliphatic heterocycles. The van der Waals surface area contributed by atoms with Gasteiger partial charge in [0.15, 0.2) is 5.82 Å². The minimum atomic E-state index is 0.611. The lowest BCUT2D eigenvalue weighted by Crippen LogP contribution is -2.17. The molecule has 0 bridgehead atoms. The zero-order valence-electron chi connectivity index (χ0n) is 10.1. The molecule has 0 radical (unpaired) electrons. The van der Waals surface area contributed by atoms with Crippen molar-refractivity contribution in [1.29, 1.82) is 0 Å². The van der Waals surface area contributed by atoms with Crippen LogP contribution in [0.1, 0.15) is 23.0 Å². The van der Waals surface area contributed by atoms with Gasteiger partial charge >= 0.3 is 0 Å². The van der Waals surface area contributed by atoms with Crippen LogP contribution in [0.2, 0.25) is 0 Å². The second kappa shape index (κ2) is 5.54. The molecule has 0 spiro atoms. The van der Waals surface area contributed by atoms with E-state index >= 15 is 0 Å². The number of nitrogens with zero attached hydrogens (tertiary/aromatic N) is 3. The molecule has 1 N–H and O–H groups in total. The van der Waals surface area contributed by atoms with Crippen molar-refractivity contribution in [1.82, 2.24) is 20.4 Å². The molecule has 2 heterocycles. The van der Waals surface area contributed by atoms with Gasteiger partial charge in [0.1, 0.15) is 0 Å². The third-order valence-corrected chi connectivity index (χ3v) is 2.37. The van der Waals surface area contributed by atoms with Crippen molar-refractivity contribution in [3.8, 4) is 0 Å². The van der Waals surface area contributed by atoms with Crippen LogP contribution >= 0.6 is 0 Å². The van der Waals surface area contributed by atoms with Gasteiger partial charge in [-0.1, -0.05) is 11.2 Å². The highest BCUT2D eigenvalue weighted by molar-refractivity contribution is 5.11. The van der Waals surface area contributed by atoms with E-state index in [4.69, 9.17) is 4.52 Å². The number of pyridine rings is 1. The van der Waals surface area contributed by atoms with Crippen LogP contribution in [-0.2, 0) is 13.0 Å². The van der Waals surface area contributed by atoms with Gasteiger partial charge in [0, 0.05) is 32.6 Å². The Labute approximate surface area is 100 Å². The SMILES string of the molecule is Cc1ccc(CNCCc2noc(C)n2)nc1. The molecule has 17 heavy (non-hydrogen) atoms. The summed E-state index contributed by atoms with van der Waals surface area (Å²) in [5, 5.41) is 7.12. The smallest absolute Gasteiger partial charge is 0.223 e. The van der Waals surface area contributed by atoms with Gasteiger partial charge in [0.25, 0.3) is 0 Å². The van der Waals surface area contributed by atoms with Gasteiger partial charge < -0.3 is 9.84 Å². The number of hydrogen-bond donors (Lipinski definition) is 1. The Hall–Kier alpha value is -1.75. The number of rotatable bonds is 5. The highest BCUT2D eigenvalue weighted by Crippen LogP contribution is 1.98. The predicted molar refractivity (Wildman–Crippen MR) is 63.4 cm³/mol. The van der Waals surface area contributed by atoms with Gasteiger partial charge in [0.2, 0.25) is 5.89 Å². The monoisotopic (exact) mass is 232 g/mol. The van der Waals surface area contributed by atoms with Crippen LogP contribution in [0, 0.1) is 13.8 Å². The van der Waals surface area contributed by atoms with Crippen molar-refractivity contribution in [3.05, 3.63) is 41.3 Å². The van der Waals surface area contributed by atoms with Gasteiger partial charge in [-0.15, -0.1) is 0 Å². The van der Waals surface area contributed by atoms with Crippen molar-refractivity contribution in [3.63, 3.8) is 0 Å². The molecule has 0 fully saturated rings. The van der Waals surface area contributed by atoms with Crippen molar-refractivity contribution in [2.24, 2.45) is 0 Å². The quantitative estimate of drug-likeness (QED) is 0.790. The van der Waals surface area contributed by atoms with Crippen molar-refractivity contribution < 1.29 is 4.52 Å². The second-order valence-corrected chi connectivity index (χ2v) is 3.98. The number of aryl methyl sites for hydroxylation is 2. The van der Waals surface area contributed by atoms with Crippen molar-refractivity contribution >= 4 is 0 Å². The third kappa shape index (κ3) is 3.64. The summed E-state index contributed by atoms with van der Waals surface area (Å²) in [6.45, 7) is 5.40. The fourth-order valence-electron chi connectivity index (χ4n) is 1.46. The van der Waals surface area contributed by atoms with Crippen LogP contribution in [0.25, 0.3) is 0 Å². The fraction of sp³-hybridized carbons (Fsp3) is 0.417. The van der Waals surface area contributed by atoms with Crippen LogP contribution in [0.15, 0.2) is 22.9 Å². The summed E-state index contributed by atoms with van der Waals surface area (Å²) in [5.74, 6) is 1.35. The van der Waals surface area contributed by atoms with Crippen LogP contribution in [0.4, 0.5) is 0 Å². The van der Waals surface area contributed by atoms with E-state index in [1.165, 1.54) is 5.56 Å². The molecule has 90 valence electrons. The van der Waals surface area contributed by atoms with Crippen LogP contribution in [0.3, 0.4) is 0 Å². The predicted octanol–water partition coefficient (Wildman–Crippen LogP) is 1.41. The molecule has 2 aromatic heterocycles. The first-order valence-corrected chi connectivity index (χ1v) is 5.65. The van der Waals surface area contributed by atoms with Gasteiger partial charge in [-0.25, -0.2) is 0 Å². The molecule has 2 aromatic rings. The second-order valence-electron chi connectivity index (χ2n) is 3.98. The Balaban J connectivity index is 1.71. The normalized spacial score (nSPS) is 10.7. The van der Waals surface area contributed by atoms with Gasteiger partial charge in [-0.2, -0.15) is 4.98 Å². The van der Waals surface area contributed by atoms with Crippen molar-refractivity contribution in [2.45, 2.75) is 26.8 Å². The summed E-state index contributed by atoms with van der Waals surface area (Å²) in [7, 11) is 0. The highest BCUT2D eigenvalue weighted by atomic mass is 16.5. The largest absolute Gasteiger partial charge is 0.340 e. The number of aromatic nitrogens is 3. The van der Waals surface area contributed by atoms with Gasteiger partial charge in [-0.05, 0) is 18.6 Å². The van der Waals surface area contributed by atoms with E-state index in [0.717, 1.165) is 31.0 Å². The molecule has 0 saturated carbocycles. The Kier molecular flexibility index (Phi) is 3.82. The topological polar surface area (TPSA) is 63.8 Å². The van der Waals surface area contributed by atoms with E-state index in [9.17, 15) is 0 Å². The van der Waals surface area contributed by atoms with E-state index in [1.807, 2.05) is 19.2 Å². The first-order valence-electron chi connectivity index (χ1n) is 5.65. The molecule has 0 atom stereocenters. The lowest BCUT2D eigenvalue weighted by Gasteiger charge is -2.02. The maximum Gasteiger partial charge on any atom is 0.223 e.